The largest absolute Gasteiger partial charge is 0.315 e. The number of hydrogen-bond donors (Lipinski definition) is 1. The first-order valence-electron chi connectivity index (χ1n) is 8.19. The maximum atomic E-state index is 3.59. The first-order chi connectivity index (χ1) is 8.78. The van der Waals surface area contributed by atoms with Gasteiger partial charge in [0.1, 0.15) is 0 Å². The van der Waals surface area contributed by atoms with Gasteiger partial charge in [-0.05, 0) is 57.5 Å². The van der Waals surface area contributed by atoms with Crippen molar-refractivity contribution in [2.24, 2.45) is 11.8 Å². The van der Waals surface area contributed by atoms with Crippen molar-refractivity contribution in [1.29, 1.82) is 0 Å². The number of nitrogens with zero attached hydrogens (tertiary/aromatic N) is 1. The minimum atomic E-state index is 0.739. The highest BCUT2D eigenvalue weighted by Gasteiger charge is 2.34. The van der Waals surface area contributed by atoms with Gasteiger partial charge in [0.05, 0.1) is 0 Å². The fourth-order valence-corrected chi connectivity index (χ4v) is 4.07. The van der Waals surface area contributed by atoms with Crippen LogP contribution in [0.15, 0.2) is 0 Å². The Hall–Kier alpha value is -0.0800. The molecule has 2 aliphatic rings. The Labute approximate surface area is 114 Å². The number of rotatable bonds is 4. The van der Waals surface area contributed by atoms with Crippen molar-refractivity contribution in [1.82, 2.24) is 10.2 Å². The van der Waals surface area contributed by atoms with Crippen LogP contribution < -0.4 is 5.32 Å². The molecule has 0 aromatic rings. The van der Waals surface area contributed by atoms with E-state index in [0.717, 1.165) is 23.9 Å². The van der Waals surface area contributed by atoms with Crippen LogP contribution >= 0.6 is 0 Å². The molecule has 2 heteroatoms. The van der Waals surface area contributed by atoms with Crippen molar-refractivity contribution < 1.29 is 0 Å². The van der Waals surface area contributed by atoms with E-state index in [1.54, 1.807) is 0 Å². The first kappa shape index (κ1) is 14.3. The van der Waals surface area contributed by atoms with Crippen LogP contribution in [0.2, 0.25) is 0 Å². The van der Waals surface area contributed by atoms with Gasteiger partial charge in [-0.2, -0.15) is 0 Å². The number of piperidine rings is 1. The minimum absolute atomic E-state index is 0.739. The summed E-state index contributed by atoms with van der Waals surface area (Å²) < 4.78 is 0. The standard InChI is InChI=1S/C16H32N2/c1-4-13-8-9-15(17-3)16(11-13)18-10-6-7-14(5-2)12-18/h13-17H,4-12H2,1-3H3. The number of nitrogens with one attached hydrogen (secondary N) is 1. The lowest BCUT2D eigenvalue weighted by Gasteiger charge is -2.45. The van der Waals surface area contributed by atoms with Crippen LogP contribution in [0.3, 0.4) is 0 Å². The summed E-state index contributed by atoms with van der Waals surface area (Å²) in [4.78, 5) is 2.82. The molecule has 0 radical (unpaired) electrons. The van der Waals surface area contributed by atoms with Crippen LogP contribution in [0.25, 0.3) is 0 Å². The van der Waals surface area contributed by atoms with Crippen molar-refractivity contribution in [3.05, 3.63) is 0 Å². The monoisotopic (exact) mass is 252 g/mol. The number of hydrogen-bond acceptors (Lipinski definition) is 2. The predicted molar refractivity (Wildman–Crippen MR) is 78.9 cm³/mol. The fourth-order valence-electron chi connectivity index (χ4n) is 4.07. The zero-order valence-electron chi connectivity index (χ0n) is 12.6. The highest BCUT2D eigenvalue weighted by atomic mass is 15.2. The molecule has 106 valence electrons. The highest BCUT2D eigenvalue weighted by Crippen LogP contribution is 2.32. The van der Waals surface area contributed by atoms with Gasteiger partial charge >= 0.3 is 0 Å². The molecule has 0 bridgehead atoms. The first-order valence-corrected chi connectivity index (χ1v) is 8.19. The zero-order valence-corrected chi connectivity index (χ0v) is 12.6. The van der Waals surface area contributed by atoms with E-state index in [1.807, 2.05) is 0 Å². The van der Waals surface area contributed by atoms with Gasteiger partial charge in [0.25, 0.3) is 0 Å². The van der Waals surface area contributed by atoms with Crippen molar-refractivity contribution in [2.45, 2.75) is 70.9 Å². The molecule has 4 unspecified atom stereocenters. The summed E-state index contributed by atoms with van der Waals surface area (Å²) in [5, 5.41) is 3.59. The Kier molecular flexibility index (Phi) is 5.50. The van der Waals surface area contributed by atoms with Gasteiger partial charge in [0, 0.05) is 18.6 Å². The number of likely N-dealkylation sites (tertiary alicyclic amines) is 1. The van der Waals surface area contributed by atoms with E-state index >= 15 is 0 Å². The summed E-state index contributed by atoms with van der Waals surface area (Å²) >= 11 is 0. The molecule has 0 aromatic carbocycles. The Bertz CT molecular complexity index is 241. The second-order valence-electron chi connectivity index (χ2n) is 6.46. The van der Waals surface area contributed by atoms with Crippen molar-refractivity contribution in [2.75, 3.05) is 20.1 Å². The van der Waals surface area contributed by atoms with E-state index in [9.17, 15) is 0 Å². The predicted octanol–water partition coefficient (Wildman–Crippen LogP) is 3.28. The summed E-state index contributed by atoms with van der Waals surface area (Å²) in [6, 6.07) is 1.55. The summed E-state index contributed by atoms with van der Waals surface area (Å²) in [6.07, 6.45) is 9.86. The lowest BCUT2D eigenvalue weighted by Crippen LogP contribution is -2.54. The maximum Gasteiger partial charge on any atom is 0.0251 e. The second-order valence-corrected chi connectivity index (χ2v) is 6.46. The number of likely N-dealkylation sites (N-methyl/N-ethyl adjacent to an activating group) is 1. The Morgan fingerprint density at radius 2 is 1.83 bits per heavy atom. The van der Waals surface area contributed by atoms with Gasteiger partial charge in [-0.25, -0.2) is 0 Å². The molecule has 1 heterocycles. The highest BCUT2D eigenvalue weighted by molar-refractivity contribution is 4.92. The smallest absolute Gasteiger partial charge is 0.0251 e. The molecular weight excluding hydrogens is 220 g/mol. The molecule has 0 aromatic heterocycles. The molecule has 1 aliphatic heterocycles. The zero-order chi connectivity index (χ0) is 13.0. The van der Waals surface area contributed by atoms with Crippen LogP contribution in [0.1, 0.15) is 58.8 Å². The van der Waals surface area contributed by atoms with Crippen molar-refractivity contribution in [3.63, 3.8) is 0 Å². The van der Waals surface area contributed by atoms with Gasteiger partial charge in [-0.15, -0.1) is 0 Å². The van der Waals surface area contributed by atoms with Gasteiger partial charge in [-0.3, -0.25) is 4.90 Å². The maximum absolute atomic E-state index is 3.59. The third-order valence-corrected chi connectivity index (χ3v) is 5.47. The van der Waals surface area contributed by atoms with E-state index < -0.39 is 0 Å². The van der Waals surface area contributed by atoms with Gasteiger partial charge < -0.3 is 5.32 Å². The summed E-state index contributed by atoms with van der Waals surface area (Å²) in [7, 11) is 2.16. The third kappa shape index (κ3) is 3.27. The second kappa shape index (κ2) is 6.91. The summed E-state index contributed by atoms with van der Waals surface area (Å²) in [6.45, 7) is 7.43. The molecule has 1 saturated heterocycles. The molecule has 1 saturated carbocycles. The SMILES string of the molecule is CCC1CCC(NC)C(N2CCCC(CC)C2)C1. The Morgan fingerprint density at radius 3 is 2.50 bits per heavy atom. The molecule has 1 aliphatic carbocycles. The van der Waals surface area contributed by atoms with E-state index in [4.69, 9.17) is 0 Å². The Balaban J connectivity index is 1.98. The summed E-state index contributed by atoms with van der Waals surface area (Å²) in [5.74, 6) is 1.93. The Morgan fingerprint density at radius 1 is 1.06 bits per heavy atom. The van der Waals surface area contributed by atoms with Gasteiger partial charge in [-0.1, -0.05) is 26.7 Å². The van der Waals surface area contributed by atoms with Crippen LogP contribution in [0, 0.1) is 11.8 Å². The van der Waals surface area contributed by atoms with E-state index in [1.165, 1.54) is 58.0 Å². The quantitative estimate of drug-likeness (QED) is 0.826. The molecule has 2 nitrogen and oxygen atoms in total. The molecule has 2 rings (SSSR count). The molecule has 2 fully saturated rings. The molecule has 1 N–H and O–H groups in total. The van der Waals surface area contributed by atoms with Crippen molar-refractivity contribution >= 4 is 0 Å². The van der Waals surface area contributed by atoms with E-state index in [0.29, 0.717) is 0 Å². The van der Waals surface area contributed by atoms with Crippen LogP contribution in [0.5, 0.6) is 0 Å². The molecule has 0 amide bonds. The van der Waals surface area contributed by atoms with E-state index in [-0.39, 0.29) is 0 Å². The summed E-state index contributed by atoms with van der Waals surface area (Å²) in [5.41, 5.74) is 0. The lowest BCUT2D eigenvalue weighted by molar-refractivity contribution is 0.0593. The van der Waals surface area contributed by atoms with E-state index in [2.05, 4.69) is 31.1 Å². The van der Waals surface area contributed by atoms with Crippen LogP contribution in [-0.4, -0.2) is 37.1 Å². The normalized spacial score (nSPS) is 38.8. The average molecular weight is 252 g/mol. The van der Waals surface area contributed by atoms with Gasteiger partial charge in [0.2, 0.25) is 0 Å². The van der Waals surface area contributed by atoms with Crippen LogP contribution in [0.4, 0.5) is 0 Å². The molecular formula is C16H32N2. The molecule has 4 atom stereocenters. The topological polar surface area (TPSA) is 15.3 Å². The third-order valence-electron chi connectivity index (χ3n) is 5.47. The molecule has 18 heavy (non-hydrogen) atoms. The molecule has 0 spiro atoms. The van der Waals surface area contributed by atoms with Crippen molar-refractivity contribution in [3.8, 4) is 0 Å². The fraction of sp³-hybridized carbons (Fsp3) is 1.00. The van der Waals surface area contributed by atoms with Crippen LogP contribution in [-0.2, 0) is 0 Å². The average Bonchev–Trinajstić information content (AvgIpc) is 2.46. The van der Waals surface area contributed by atoms with Gasteiger partial charge in [0.15, 0.2) is 0 Å². The lowest BCUT2D eigenvalue weighted by atomic mass is 9.79. The minimum Gasteiger partial charge on any atom is -0.315 e.